The first-order chi connectivity index (χ1) is 10.1. The van der Waals surface area contributed by atoms with E-state index in [4.69, 9.17) is 4.74 Å². The van der Waals surface area contributed by atoms with Crippen molar-refractivity contribution in [2.75, 3.05) is 30.8 Å². The van der Waals surface area contributed by atoms with E-state index in [1.165, 1.54) is 7.11 Å². The van der Waals surface area contributed by atoms with E-state index in [2.05, 4.69) is 30.9 Å². The first kappa shape index (κ1) is 16.9. The topological polar surface area (TPSA) is 101 Å². The van der Waals surface area contributed by atoms with Gasteiger partial charge in [-0.1, -0.05) is 6.92 Å². The van der Waals surface area contributed by atoms with Gasteiger partial charge >= 0.3 is 6.01 Å². The van der Waals surface area contributed by atoms with Gasteiger partial charge in [-0.05, 0) is 20.3 Å². The Hall–Kier alpha value is -2.12. The zero-order valence-electron chi connectivity index (χ0n) is 13.1. The van der Waals surface area contributed by atoms with Crippen molar-refractivity contribution in [1.82, 2.24) is 20.3 Å². The molecule has 1 aromatic rings. The number of carbonyl (C=O) groups excluding carboxylic acids is 1. The lowest BCUT2D eigenvalue weighted by atomic mass is 10.2. The van der Waals surface area contributed by atoms with Crippen LogP contribution in [0.25, 0.3) is 0 Å². The fourth-order valence-corrected chi connectivity index (χ4v) is 1.50. The van der Waals surface area contributed by atoms with Crippen molar-refractivity contribution in [2.24, 2.45) is 0 Å². The molecule has 3 N–H and O–H groups in total. The van der Waals surface area contributed by atoms with Crippen LogP contribution in [0.5, 0.6) is 6.01 Å². The van der Waals surface area contributed by atoms with Gasteiger partial charge in [0.2, 0.25) is 17.8 Å². The van der Waals surface area contributed by atoms with E-state index in [-0.39, 0.29) is 18.0 Å². The average Bonchev–Trinajstić information content (AvgIpc) is 2.47. The van der Waals surface area contributed by atoms with Crippen LogP contribution in [0.1, 0.15) is 33.6 Å². The first-order valence-electron chi connectivity index (χ1n) is 7.16. The normalized spacial score (nSPS) is 11.6. The first-order valence-corrected chi connectivity index (χ1v) is 7.16. The lowest BCUT2D eigenvalue weighted by Gasteiger charge is -2.12. The summed E-state index contributed by atoms with van der Waals surface area (Å²) in [6.07, 6.45) is 1.27. The van der Waals surface area contributed by atoms with Gasteiger partial charge in [0.1, 0.15) is 0 Å². The summed E-state index contributed by atoms with van der Waals surface area (Å²) >= 11 is 0. The summed E-state index contributed by atoms with van der Waals surface area (Å²) < 4.78 is 5.01. The van der Waals surface area contributed by atoms with Gasteiger partial charge in [-0.25, -0.2) is 0 Å². The SMILES string of the molecule is CCNc1nc(NCCC(=O)NC(C)CC)nc(OC)n1. The third kappa shape index (κ3) is 6.24. The van der Waals surface area contributed by atoms with Crippen molar-refractivity contribution < 1.29 is 9.53 Å². The van der Waals surface area contributed by atoms with Crippen molar-refractivity contribution in [3.63, 3.8) is 0 Å². The van der Waals surface area contributed by atoms with Crippen LogP contribution in [-0.2, 0) is 4.79 Å². The third-order valence-corrected chi connectivity index (χ3v) is 2.79. The van der Waals surface area contributed by atoms with E-state index in [1.54, 1.807) is 0 Å². The molecule has 0 aromatic carbocycles. The summed E-state index contributed by atoms with van der Waals surface area (Å²) in [4.78, 5) is 24.0. The minimum atomic E-state index is 0.00442. The van der Waals surface area contributed by atoms with Crippen molar-refractivity contribution in [3.05, 3.63) is 0 Å². The van der Waals surface area contributed by atoms with Crippen LogP contribution in [0.15, 0.2) is 0 Å². The van der Waals surface area contributed by atoms with Crippen molar-refractivity contribution >= 4 is 17.8 Å². The van der Waals surface area contributed by atoms with Gasteiger partial charge in [-0.2, -0.15) is 15.0 Å². The monoisotopic (exact) mass is 296 g/mol. The predicted molar refractivity (Wildman–Crippen MR) is 81.5 cm³/mol. The molecular weight excluding hydrogens is 272 g/mol. The highest BCUT2D eigenvalue weighted by atomic mass is 16.5. The van der Waals surface area contributed by atoms with Crippen molar-refractivity contribution in [2.45, 2.75) is 39.7 Å². The van der Waals surface area contributed by atoms with Crippen LogP contribution in [-0.4, -0.2) is 47.1 Å². The van der Waals surface area contributed by atoms with E-state index in [9.17, 15) is 4.79 Å². The number of rotatable bonds is 9. The molecule has 8 nitrogen and oxygen atoms in total. The molecule has 0 fully saturated rings. The molecule has 118 valence electrons. The standard InChI is InChI=1S/C13H24N6O2/c1-5-9(3)16-10(20)7-8-15-12-17-11(14-6-2)18-13(19-12)21-4/h9H,5-8H2,1-4H3,(H,16,20)(H2,14,15,17,18,19). The highest BCUT2D eigenvalue weighted by Crippen LogP contribution is 2.10. The molecule has 0 saturated heterocycles. The highest BCUT2D eigenvalue weighted by molar-refractivity contribution is 5.76. The van der Waals surface area contributed by atoms with Crippen molar-refractivity contribution in [3.8, 4) is 6.01 Å². The van der Waals surface area contributed by atoms with E-state index in [0.717, 1.165) is 6.42 Å². The quantitative estimate of drug-likeness (QED) is 0.625. The molecular formula is C13H24N6O2. The van der Waals surface area contributed by atoms with Crippen LogP contribution in [0, 0.1) is 0 Å². The molecule has 0 aliphatic heterocycles. The summed E-state index contributed by atoms with van der Waals surface area (Å²) in [6.45, 7) is 7.10. The number of anilines is 2. The van der Waals surface area contributed by atoms with E-state index in [1.807, 2.05) is 20.8 Å². The van der Waals surface area contributed by atoms with Crippen LogP contribution < -0.4 is 20.7 Å². The number of nitrogens with zero attached hydrogens (tertiary/aromatic N) is 3. The van der Waals surface area contributed by atoms with Crippen LogP contribution in [0.4, 0.5) is 11.9 Å². The number of carbonyl (C=O) groups is 1. The molecule has 1 unspecified atom stereocenters. The predicted octanol–water partition coefficient (Wildman–Crippen LogP) is 1.03. The lowest BCUT2D eigenvalue weighted by Crippen LogP contribution is -2.33. The third-order valence-electron chi connectivity index (χ3n) is 2.79. The Morgan fingerprint density at radius 3 is 2.43 bits per heavy atom. The van der Waals surface area contributed by atoms with E-state index in [0.29, 0.717) is 31.4 Å². The van der Waals surface area contributed by atoms with E-state index >= 15 is 0 Å². The van der Waals surface area contributed by atoms with Gasteiger partial charge in [0.15, 0.2) is 0 Å². The smallest absolute Gasteiger partial charge is 0.322 e. The molecule has 0 spiro atoms. The van der Waals surface area contributed by atoms with Gasteiger partial charge in [-0.3, -0.25) is 4.79 Å². The Bertz CT molecular complexity index is 454. The highest BCUT2D eigenvalue weighted by Gasteiger charge is 2.08. The summed E-state index contributed by atoms with van der Waals surface area (Å²) in [7, 11) is 1.49. The second-order valence-electron chi connectivity index (χ2n) is 4.55. The number of nitrogens with one attached hydrogen (secondary N) is 3. The molecule has 21 heavy (non-hydrogen) atoms. The number of hydrogen-bond acceptors (Lipinski definition) is 7. The molecule has 8 heteroatoms. The molecule has 1 rings (SSSR count). The number of ether oxygens (including phenoxy) is 1. The number of amides is 1. The summed E-state index contributed by atoms with van der Waals surface area (Å²) in [5.74, 6) is 0.829. The minimum absolute atomic E-state index is 0.00442. The zero-order valence-corrected chi connectivity index (χ0v) is 13.1. The largest absolute Gasteiger partial charge is 0.467 e. The van der Waals surface area contributed by atoms with Gasteiger partial charge in [0.05, 0.1) is 7.11 Å². The van der Waals surface area contributed by atoms with E-state index < -0.39 is 0 Å². The summed E-state index contributed by atoms with van der Waals surface area (Å²) in [5.41, 5.74) is 0. The number of methoxy groups -OCH3 is 1. The Kier molecular flexibility index (Phi) is 7.20. The molecule has 0 bridgehead atoms. The molecule has 1 aromatic heterocycles. The average molecular weight is 296 g/mol. The van der Waals surface area contributed by atoms with Gasteiger partial charge in [0.25, 0.3) is 0 Å². The van der Waals surface area contributed by atoms with Crippen LogP contribution >= 0.6 is 0 Å². The molecule has 0 saturated carbocycles. The fourth-order valence-electron chi connectivity index (χ4n) is 1.50. The second-order valence-corrected chi connectivity index (χ2v) is 4.55. The van der Waals surface area contributed by atoms with Gasteiger partial charge in [-0.15, -0.1) is 0 Å². The lowest BCUT2D eigenvalue weighted by molar-refractivity contribution is -0.121. The van der Waals surface area contributed by atoms with Gasteiger partial charge in [0, 0.05) is 25.6 Å². The molecule has 0 aliphatic carbocycles. The Morgan fingerprint density at radius 1 is 1.19 bits per heavy atom. The summed E-state index contributed by atoms with van der Waals surface area (Å²) in [5, 5.41) is 8.89. The fraction of sp³-hybridized carbons (Fsp3) is 0.692. The molecule has 1 atom stereocenters. The maximum absolute atomic E-state index is 11.7. The second kappa shape index (κ2) is 8.93. The maximum Gasteiger partial charge on any atom is 0.322 e. The van der Waals surface area contributed by atoms with Gasteiger partial charge < -0.3 is 20.7 Å². The number of aromatic nitrogens is 3. The van der Waals surface area contributed by atoms with Crippen LogP contribution in [0.2, 0.25) is 0 Å². The van der Waals surface area contributed by atoms with Crippen LogP contribution in [0.3, 0.4) is 0 Å². The Labute approximate surface area is 125 Å². The Morgan fingerprint density at radius 2 is 1.86 bits per heavy atom. The summed E-state index contributed by atoms with van der Waals surface area (Å²) in [6, 6.07) is 0.419. The minimum Gasteiger partial charge on any atom is -0.467 e. The number of hydrogen-bond donors (Lipinski definition) is 3. The molecule has 0 radical (unpaired) electrons. The molecule has 1 heterocycles. The molecule has 0 aliphatic rings. The Balaban J connectivity index is 2.50. The maximum atomic E-state index is 11.7. The van der Waals surface area contributed by atoms with Crippen molar-refractivity contribution in [1.29, 1.82) is 0 Å². The zero-order chi connectivity index (χ0) is 15.7. The molecule has 1 amide bonds.